The molecule has 0 unspecified atom stereocenters. The minimum atomic E-state index is 0.196. The summed E-state index contributed by atoms with van der Waals surface area (Å²) in [5, 5.41) is 0. The van der Waals surface area contributed by atoms with Crippen LogP contribution >= 0.6 is 0 Å². The van der Waals surface area contributed by atoms with E-state index in [4.69, 9.17) is 5.73 Å². The van der Waals surface area contributed by atoms with Gasteiger partial charge in [0.2, 0.25) is 0 Å². The number of hydrogen-bond donors (Lipinski definition) is 1. The first kappa shape index (κ1) is 10.4. The maximum atomic E-state index is 5.56. The van der Waals surface area contributed by atoms with Gasteiger partial charge in [0.25, 0.3) is 0 Å². The summed E-state index contributed by atoms with van der Waals surface area (Å²) in [6.07, 6.45) is 5.99. The minimum Gasteiger partial charge on any atom is -0.350 e. The van der Waals surface area contributed by atoms with Gasteiger partial charge in [-0.15, -0.1) is 0 Å². The summed E-state index contributed by atoms with van der Waals surface area (Å²) in [4.78, 5) is 11.0. The third-order valence-electron chi connectivity index (χ3n) is 3.06. The zero-order valence-electron chi connectivity index (χ0n) is 9.40. The molecule has 2 heterocycles. The molecule has 1 fully saturated rings. The summed E-state index contributed by atoms with van der Waals surface area (Å²) >= 11 is 0. The number of nitrogens with zero attached hydrogens (tertiary/aromatic N) is 3. The van der Waals surface area contributed by atoms with Gasteiger partial charge in [0.1, 0.15) is 5.82 Å². The molecule has 0 spiro atoms. The van der Waals surface area contributed by atoms with Crippen molar-refractivity contribution in [3.05, 3.63) is 18.1 Å². The molecular weight excluding hydrogens is 188 g/mol. The van der Waals surface area contributed by atoms with Gasteiger partial charge < -0.3 is 10.6 Å². The Morgan fingerprint density at radius 1 is 1.47 bits per heavy atom. The van der Waals surface area contributed by atoms with Crippen LogP contribution in [-0.2, 0) is 6.54 Å². The molecular formula is C11H18N4. The summed E-state index contributed by atoms with van der Waals surface area (Å²) in [6, 6.07) is 0. The first-order valence-electron chi connectivity index (χ1n) is 5.42. The molecule has 82 valence electrons. The van der Waals surface area contributed by atoms with Crippen molar-refractivity contribution < 1.29 is 0 Å². The molecule has 15 heavy (non-hydrogen) atoms. The molecule has 0 bridgehead atoms. The second-order valence-electron chi connectivity index (χ2n) is 4.64. The average Bonchev–Trinajstić information content (AvgIpc) is 2.58. The Labute approximate surface area is 90.5 Å². The van der Waals surface area contributed by atoms with Crippen molar-refractivity contribution in [1.82, 2.24) is 9.97 Å². The molecule has 0 atom stereocenters. The summed E-state index contributed by atoms with van der Waals surface area (Å²) < 4.78 is 0. The van der Waals surface area contributed by atoms with E-state index >= 15 is 0 Å². The van der Waals surface area contributed by atoms with Crippen molar-refractivity contribution in [2.24, 2.45) is 5.73 Å². The molecule has 0 aromatic carbocycles. The van der Waals surface area contributed by atoms with Crippen LogP contribution in [0.3, 0.4) is 0 Å². The quantitative estimate of drug-likeness (QED) is 0.792. The maximum Gasteiger partial charge on any atom is 0.147 e. The van der Waals surface area contributed by atoms with E-state index in [1.165, 1.54) is 12.8 Å². The molecule has 0 saturated carbocycles. The minimum absolute atomic E-state index is 0.196. The molecule has 1 aromatic rings. The highest BCUT2D eigenvalue weighted by atomic mass is 15.3. The highest BCUT2D eigenvalue weighted by Crippen LogP contribution is 2.31. The standard InChI is InChI=1S/C11H18N4/c1-11(2)4-3-5-15(11)10-8-13-7-9(6-12)14-10/h7-8H,3-6,12H2,1-2H3. The van der Waals surface area contributed by atoms with Gasteiger partial charge in [-0.1, -0.05) is 0 Å². The second-order valence-corrected chi connectivity index (χ2v) is 4.64. The van der Waals surface area contributed by atoms with Crippen LogP contribution in [0.2, 0.25) is 0 Å². The van der Waals surface area contributed by atoms with Gasteiger partial charge in [0.05, 0.1) is 11.9 Å². The van der Waals surface area contributed by atoms with Gasteiger partial charge in [-0.25, -0.2) is 4.98 Å². The third kappa shape index (κ3) is 1.95. The fourth-order valence-electron chi connectivity index (χ4n) is 2.16. The fourth-order valence-corrected chi connectivity index (χ4v) is 2.16. The van der Waals surface area contributed by atoms with Crippen molar-refractivity contribution in [3.63, 3.8) is 0 Å². The van der Waals surface area contributed by atoms with E-state index in [0.29, 0.717) is 6.54 Å². The molecule has 0 amide bonds. The Bertz CT molecular complexity index is 348. The average molecular weight is 206 g/mol. The Balaban J connectivity index is 2.29. The van der Waals surface area contributed by atoms with Crippen LogP contribution in [0.5, 0.6) is 0 Å². The van der Waals surface area contributed by atoms with Crippen molar-refractivity contribution in [3.8, 4) is 0 Å². The predicted molar refractivity (Wildman–Crippen MR) is 60.6 cm³/mol. The van der Waals surface area contributed by atoms with E-state index in [-0.39, 0.29) is 5.54 Å². The van der Waals surface area contributed by atoms with Crippen LogP contribution < -0.4 is 10.6 Å². The number of aromatic nitrogens is 2. The summed E-state index contributed by atoms with van der Waals surface area (Å²) in [7, 11) is 0. The molecule has 2 N–H and O–H groups in total. The summed E-state index contributed by atoms with van der Waals surface area (Å²) in [5.41, 5.74) is 6.62. The number of hydrogen-bond acceptors (Lipinski definition) is 4. The van der Waals surface area contributed by atoms with E-state index in [0.717, 1.165) is 18.1 Å². The van der Waals surface area contributed by atoms with Crippen molar-refractivity contribution >= 4 is 5.82 Å². The van der Waals surface area contributed by atoms with E-state index in [2.05, 4.69) is 28.7 Å². The number of nitrogens with two attached hydrogens (primary N) is 1. The van der Waals surface area contributed by atoms with E-state index in [9.17, 15) is 0 Å². The molecule has 1 aliphatic rings. The monoisotopic (exact) mass is 206 g/mol. The fraction of sp³-hybridized carbons (Fsp3) is 0.636. The van der Waals surface area contributed by atoms with Crippen LogP contribution in [0.4, 0.5) is 5.82 Å². The lowest BCUT2D eigenvalue weighted by atomic mass is 10.0. The van der Waals surface area contributed by atoms with E-state index < -0.39 is 0 Å². The van der Waals surface area contributed by atoms with Crippen molar-refractivity contribution in [2.45, 2.75) is 38.8 Å². The number of rotatable bonds is 2. The Kier molecular flexibility index (Phi) is 2.61. The van der Waals surface area contributed by atoms with Gasteiger partial charge in [0.15, 0.2) is 0 Å². The molecule has 2 rings (SSSR count). The molecule has 0 radical (unpaired) electrons. The lowest BCUT2D eigenvalue weighted by Gasteiger charge is -2.32. The van der Waals surface area contributed by atoms with Crippen LogP contribution in [0.1, 0.15) is 32.4 Å². The Hall–Kier alpha value is -1.16. The number of anilines is 1. The van der Waals surface area contributed by atoms with Gasteiger partial charge in [-0.2, -0.15) is 0 Å². The molecule has 0 aliphatic carbocycles. The molecule has 1 aliphatic heterocycles. The van der Waals surface area contributed by atoms with E-state index in [1.807, 2.05) is 6.20 Å². The molecule has 4 nitrogen and oxygen atoms in total. The van der Waals surface area contributed by atoms with Crippen molar-refractivity contribution in [1.29, 1.82) is 0 Å². The van der Waals surface area contributed by atoms with Gasteiger partial charge in [-0.3, -0.25) is 4.98 Å². The highest BCUT2D eigenvalue weighted by Gasteiger charge is 2.32. The molecule has 4 heteroatoms. The largest absolute Gasteiger partial charge is 0.350 e. The normalized spacial score (nSPS) is 19.5. The summed E-state index contributed by atoms with van der Waals surface area (Å²) in [5.74, 6) is 0.959. The lowest BCUT2D eigenvalue weighted by Crippen LogP contribution is -2.38. The maximum absolute atomic E-state index is 5.56. The highest BCUT2D eigenvalue weighted by molar-refractivity contribution is 5.41. The predicted octanol–water partition coefficient (Wildman–Crippen LogP) is 1.31. The zero-order valence-corrected chi connectivity index (χ0v) is 9.40. The van der Waals surface area contributed by atoms with E-state index in [1.54, 1.807) is 6.20 Å². The lowest BCUT2D eigenvalue weighted by molar-refractivity contribution is 0.513. The van der Waals surface area contributed by atoms with Crippen molar-refractivity contribution in [2.75, 3.05) is 11.4 Å². The first-order chi connectivity index (χ1) is 7.13. The first-order valence-corrected chi connectivity index (χ1v) is 5.42. The van der Waals surface area contributed by atoms with Gasteiger partial charge >= 0.3 is 0 Å². The summed E-state index contributed by atoms with van der Waals surface area (Å²) in [6.45, 7) is 6.01. The van der Waals surface area contributed by atoms with Crippen LogP contribution in [0.25, 0.3) is 0 Å². The SMILES string of the molecule is CC1(C)CCCN1c1cncc(CN)n1. The zero-order chi connectivity index (χ0) is 10.9. The van der Waals surface area contributed by atoms with Crippen LogP contribution in [0.15, 0.2) is 12.4 Å². The Morgan fingerprint density at radius 2 is 2.27 bits per heavy atom. The Morgan fingerprint density at radius 3 is 2.87 bits per heavy atom. The third-order valence-corrected chi connectivity index (χ3v) is 3.06. The smallest absolute Gasteiger partial charge is 0.147 e. The molecule has 1 saturated heterocycles. The van der Waals surface area contributed by atoms with Gasteiger partial charge in [-0.05, 0) is 26.7 Å². The van der Waals surface area contributed by atoms with Crippen LogP contribution in [-0.4, -0.2) is 22.1 Å². The molecule has 1 aromatic heterocycles. The van der Waals surface area contributed by atoms with Crippen LogP contribution in [0, 0.1) is 0 Å². The topological polar surface area (TPSA) is 55.0 Å². The van der Waals surface area contributed by atoms with Gasteiger partial charge in [0, 0.05) is 24.8 Å². The second kappa shape index (κ2) is 3.77.